The molecule has 0 aliphatic carbocycles. The molecule has 2 nitrogen and oxygen atoms in total. The SMILES string of the molecule is CCCC.CCCC#CC(O)O. The van der Waals surface area contributed by atoms with Crippen LogP contribution in [0, 0.1) is 11.8 Å². The first-order valence-corrected chi connectivity index (χ1v) is 4.53. The molecular formula is C10H20O2. The third-order valence-corrected chi connectivity index (χ3v) is 1.11. The van der Waals surface area contributed by atoms with Crippen molar-refractivity contribution in [1.82, 2.24) is 0 Å². The zero-order valence-corrected chi connectivity index (χ0v) is 8.30. The van der Waals surface area contributed by atoms with E-state index in [2.05, 4.69) is 25.7 Å². The summed E-state index contributed by atoms with van der Waals surface area (Å²) in [5.41, 5.74) is 0. The lowest BCUT2D eigenvalue weighted by Crippen LogP contribution is -1.97. The average Bonchev–Trinajstić information content (AvgIpc) is 2.05. The van der Waals surface area contributed by atoms with E-state index in [9.17, 15) is 0 Å². The summed E-state index contributed by atoms with van der Waals surface area (Å²) in [6.45, 7) is 6.35. The Labute approximate surface area is 75.6 Å². The Kier molecular flexibility index (Phi) is 15.3. The normalized spacial score (nSPS) is 8.17. The number of aliphatic hydroxyl groups excluding tert-OH is 1. The summed E-state index contributed by atoms with van der Waals surface area (Å²) < 4.78 is 0. The highest BCUT2D eigenvalue weighted by molar-refractivity contribution is 5.00. The molecule has 2 heteroatoms. The first-order chi connectivity index (χ1) is 5.68. The van der Waals surface area contributed by atoms with Gasteiger partial charge in [0.1, 0.15) is 0 Å². The van der Waals surface area contributed by atoms with E-state index in [1.165, 1.54) is 12.8 Å². The van der Waals surface area contributed by atoms with Gasteiger partial charge in [-0.2, -0.15) is 0 Å². The number of unbranched alkanes of at least 4 members (excludes halogenated alkanes) is 2. The van der Waals surface area contributed by atoms with Gasteiger partial charge in [0.05, 0.1) is 0 Å². The largest absolute Gasteiger partial charge is 0.358 e. The van der Waals surface area contributed by atoms with Crippen molar-refractivity contribution >= 4 is 0 Å². The minimum atomic E-state index is -1.46. The maximum absolute atomic E-state index is 8.16. The summed E-state index contributed by atoms with van der Waals surface area (Å²) in [5, 5.41) is 16.3. The van der Waals surface area contributed by atoms with Crippen LogP contribution < -0.4 is 0 Å². The zero-order valence-electron chi connectivity index (χ0n) is 8.30. The van der Waals surface area contributed by atoms with Crippen LogP contribution in [0.4, 0.5) is 0 Å². The number of hydrogen-bond acceptors (Lipinski definition) is 2. The third kappa shape index (κ3) is 22.7. The minimum absolute atomic E-state index is 0.734. The van der Waals surface area contributed by atoms with Crippen LogP contribution in [0.15, 0.2) is 0 Å². The molecule has 0 unspecified atom stereocenters. The van der Waals surface area contributed by atoms with Gasteiger partial charge in [0.15, 0.2) is 0 Å². The summed E-state index contributed by atoms with van der Waals surface area (Å²) >= 11 is 0. The molecule has 0 heterocycles. The van der Waals surface area contributed by atoms with E-state index in [1.807, 2.05) is 6.92 Å². The molecule has 0 spiro atoms. The Morgan fingerprint density at radius 1 is 1.00 bits per heavy atom. The Morgan fingerprint density at radius 2 is 1.50 bits per heavy atom. The maximum Gasteiger partial charge on any atom is 0.217 e. The van der Waals surface area contributed by atoms with Crippen LogP contribution in [0.25, 0.3) is 0 Å². The molecule has 0 amide bonds. The molecule has 72 valence electrons. The molecule has 0 aromatic carbocycles. The van der Waals surface area contributed by atoms with E-state index in [0.717, 1.165) is 12.8 Å². The molecular weight excluding hydrogens is 152 g/mol. The van der Waals surface area contributed by atoms with Gasteiger partial charge in [-0.05, 0) is 12.3 Å². The predicted molar refractivity (Wildman–Crippen MR) is 51.5 cm³/mol. The Balaban J connectivity index is 0. The highest BCUT2D eigenvalue weighted by atomic mass is 16.5. The summed E-state index contributed by atoms with van der Waals surface area (Å²) in [6, 6.07) is 0. The summed E-state index contributed by atoms with van der Waals surface area (Å²) in [6.07, 6.45) is 2.87. The molecule has 0 atom stereocenters. The van der Waals surface area contributed by atoms with Crippen LogP contribution in [-0.4, -0.2) is 16.5 Å². The molecule has 0 fully saturated rings. The summed E-state index contributed by atoms with van der Waals surface area (Å²) in [5.74, 6) is 4.79. The van der Waals surface area contributed by atoms with Crippen molar-refractivity contribution in [2.75, 3.05) is 0 Å². The van der Waals surface area contributed by atoms with Gasteiger partial charge in [-0.25, -0.2) is 0 Å². The monoisotopic (exact) mass is 172 g/mol. The van der Waals surface area contributed by atoms with E-state index in [0.29, 0.717) is 0 Å². The van der Waals surface area contributed by atoms with E-state index < -0.39 is 6.29 Å². The second-order valence-electron chi connectivity index (χ2n) is 2.44. The van der Waals surface area contributed by atoms with Gasteiger partial charge in [0.25, 0.3) is 0 Å². The fourth-order valence-corrected chi connectivity index (χ4v) is 0.288. The van der Waals surface area contributed by atoms with Gasteiger partial charge in [0, 0.05) is 6.42 Å². The smallest absolute Gasteiger partial charge is 0.217 e. The van der Waals surface area contributed by atoms with Crippen molar-refractivity contribution in [3.63, 3.8) is 0 Å². The fraction of sp³-hybridized carbons (Fsp3) is 0.800. The van der Waals surface area contributed by atoms with E-state index in [1.54, 1.807) is 0 Å². The van der Waals surface area contributed by atoms with E-state index in [4.69, 9.17) is 10.2 Å². The van der Waals surface area contributed by atoms with Gasteiger partial charge in [0.2, 0.25) is 6.29 Å². The Morgan fingerprint density at radius 3 is 1.75 bits per heavy atom. The van der Waals surface area contributed by atoms with Gasteiger partial charge < -0.3 is 10.2 Å². The molecule has 0 rings (SSSR count). The van der Waals surface area contributed by atoms with Gasteiger partial charge in [-0.15, -0.1) is 0 Å². The lowest BCUT2D eigenvalue weighted by Gasteiger charge is -1.85. The second kappa shape index (κ2) is 13.1. The molecule has 0 radical (unpaired) electrons. The van der Waals surface area contributed by atoms with Crippen molar-refractivity contribution < 1.29 is 10.2 Å². The van der Waals surface area contributed by atoms with Crippen LogP contribution in [0.1, 0.15) is 46.5 Å². The molecule has 0 aliphatic heterocycles. The summed E-state index contributed by atoms with van der Waals surface area (Å²) in [7, 11) is 0. The fourth-order valence-electron chi connectivity index (χ4n) is 0.288. The molecule has 0 aromatic rings. The number of aliphatic hydroxyl groups is 2. The Hall–Kier alpha value is -0.520. The lowest BCUT2D eigenvalue weighted by atomic mass is 10.3. The zero-order chi connectivity index (χ0) is 9.82. The Bertz CT molecular complexity index is 118. The highest BCUT2D eigenvalue weighted by Crippen LogP contribution is 1.81. The third-order valence-electron chi connectivity index (χ3n) is 1.11. The van der Waals surface area contributed by atoms with Crippen LogP contribution in [0.5, 0.6) is 0 Å². The molecule has 0 saturated carbocycles. The molecule has 12 heavy (non-hydrogen) atoms. The molecule has 0 aliphatic rings. The summed E-state index contributed by atoms with van der Waals surface area (Å²) in [4.78, 5) is 0. The quantitative estimate of drug-likeness (QED) is 0.493. The van der Waals surface area contributed by atoms with E-state index in [-0.39, 0.29) is 0 Å². The average molecular weight is 172 g/mol. The van der Waals surface area contributed by atoms with Gasteiger partial charge >= 0.3 is 0 Å². The lowest BCUT2D eigenvalue weighted by molar-refractivity contribution is 0.0107. The predicted octanol–water partition coefficient (Wildman–Crippen LogP) is 1.91. The van der Waals surface area contributed by atoms with E-state index >= 15 is 0 Å². The van der Waals surface area contributed by atoms with Gasteiger partial charge in [-0.3, -0.25) is 0 Å². The number of hydrogen-bond donors (Lipinski definition) is 2. The van der Waals surface area contributed by atoms with Crippen molar-refractivity contribution in [3.8, 4) is 11.8 Å². The maximum atomic E-state index is 8.16. The van der Waals surface area contributed by atoms with Crippen LogP contribution >= 0.6 is 0 Å². The first-order valence-electron chi connectivity index (χ1n) is 4.53. The van der Waals surface area contributed by atoms with Crippen LogP contribution in [0.2, 0.25) is 0 Å². The van der Waals surface area contributed by atoms with Crippen molar-refractivity contribution in [2.24, 2.45) is 0 Å². The molecule has 0 aromatic heterocycles. The molecule has 2 N–H and O–H groups in total. The number of rotatable bonds is 2. The second-order valence-corrected chi connectivity index (χ2v) is 2.44. The molecule has 0 bridgehead atoms. The van der Waals surface area contributed by atoms with Crippen molar-refractivity contribution in [2.45, 2.75) is 52.7 Å². The molecule has 0 saturated heterocycles. The highest BCUT2D eigenvalue weighted by Gasteiger charge is 1.81. The standard InChI is InChI=1S/C6H10O2.C4H10/c1-2-3-4-5-6(7)8;1-3-4-2/h6-8H,2-3H2,1H3;3-4H2,1-2H3. The van der Waals surface area contributed by atoms with Crippen molar-refractivity contribution in [1.29, 1.82) is 0 Å². The van der Waals surface area contributed by atoms with Gasteiger partial charge in [-0.1, -0.05) is 39.5 Å². The van der Waals surface area contributed by atoms with Crippen LogP contribution in [-0.2, 0) is 0 Å². The first kappa shape index (κ1) is 14.0. The topological polar surface area (TPSA) is 40.5 Å². The van der Waals surface area contributed by atoms with Crippen molar-refractivity contribution in [3.05, 3.63) is 0 Å². The minimum Gasteiger partial charge on any atom is -0.358 e. The van der Waals surface area contributed by atoms with Crippen LogP contribution in [0.3, 0.4) is 0 Å².